The third-order valence-electron chi connectivity index (χ3n) is 2.18. The first kappa shape index (κ1) is 13.8. The fraction of sp³-hybridized carbons (Fsp3) is 0.417. The maximum absolute atomic E-state index is 12.9. The minimum absolute atomic E-state index is 0.0457. The molecule has 0 aliphatic rings. The normalized spacial score (nSPS) is 10.2. The number of halogens is 1. The van der Waals surface area contributed by atoms with Gasteiger partial charge in [-0.25, -0.2) is 4.39 Å². The summed E-state index contributed by atoms with van der Waals surface area (Å²) in [6.45, 7) is 2.09. The molecule has 0 saturated heterocycles. The summed E-state index contributed by atoms with van der Waals surface area (Å²) in [6, 6.07) is 4.18. The molecule has 94 valence electrons. The van der Waals surface area contributed by atoms with Gasteiger partial charge in [0.15, 0.2) is 0 Å². The van der Waals surface area contributed by atoms with E-state index < -0.39 is 5.82 Å². The van der Waals surface area contributed by atoms with Crippen molar-refractivity contribution in [2.45, 2.75) is 19.8 Å². The molecule has 0 heterocycles. The van der Waals surface area contributed by atoms with E-state index in [-0.39, 0.29) is 11.6 Å². The summed E-state index contributed by atoms with van der Waals surface area (Å²) in [5, 5.41) is 2.69. The fourth-order valence-corrected chi connectivity index (χ4v) is 1.96. The van der Waals surface area contributed by atoms with E-state index in [1.165, 1.54) is 18.2 Å². The Hall–Kier alpha value is -1.23. The van der Waals surface area contributed by atoms with Gasteiger partial charge in [0.05, 0.1) is 5.69 Å². The number of carbonyl (C=O) groups excluding carboxylic acids is 1. The number of amides is 1. The summed E-state index contributed by atoms with van der Waals surface area (Å²) in [5.41, 5.74) is 5.99. The zero-order valence-corrected chi connectivity index (χ0v) is 10.6. The summed E-state index contributed by atoms with van der Waals surface area (Å²) >= 11 is 1.81. The average Bonchev–Trinajstić information content (AvgIpc) is 2.30. The van der Waals surface area contributed by atoms with Gasteiger partial charge in [-0.3, -0.25) is 4.79 Å². The minimum atomic E-state index is -0.470. The van der Waals surface area contributed by atoms with Crippen LogP contribution in [0.3, 0.4) is 0 Å². The Bertz CT molecular complexity index is 385. The van der Waals surface area contributed by atoms with Crippen molar-refractivity contribution in [1.29, 1.82) is 0 Å². The smallest absolute Gasteiger partial charge is 0.224 e. The van der Waals surface area contributed by atoms with Gasteiger partial charge in [-0.2, -0.15) is 11.8 Å². The van der Waals surface area contributed by atoms with Gasteiger partial charge in [0.2, 0.25) is 5.91 Å². The Balaban J connectivity index is 2.37. The standard InChI is InChI=1S/C12H17FN2OS/c1-2-17-7-3-4-12(16)15-9-5-6-10(13)11(14)8-9/h5-6,8H,2-4,7,14H2,1H3,(H,15,16). The monoisotopic (exact) mass is 256 g/mol. The number of hydrogen-bond donors (Lipinski definition) is 2. The quantitative estimate of drug-likeness (QED) is 0.608. The van der Waals surface area contributed by atoms with Gasteiger partial charge >= 0.3 is 0 Å². The molecule has 5 heteroatoms. The van der Waals surface area contributed by atoms with Gasteiger partial charge < -0.3 is 11.1 Å². The second-order valence-corrected chi connectivity index (χ2v) is 4.98. The third-order valence-corrected chi connectivity index (χ3v) is 3.16. The summed E-state index contributed by atoms with van der Waals surface area (Å²) < 4.78 is 12.9. The zero-order valence-electron chi connectivity index (χ0n) is 9.83. The van der Waals surface area contributed by atoms with Crippen LogP contribution in [-0.2, 0) is 4.79 Å². The lowest BCUT2D eigenvalue weighted by Crippen LogP contribution is -2.11. The zero-order chi connectivity index (χ0) is 12.7. The van der Waals surface area contributed by atoms with Crippen molar-refractivity contribution < 1.29 is 9.18 Å². The minimum Gasteiger partial charge on any atom is -0.396 e. The maximum atomic E-state index is 12.9. The fourth-order valence-electron chi connectivity index (χ4n) is 1.32. The molecule has 0 radical (unpaired) electrons. The van der Waals surface area contributed by atoms with Gasteiger partial charge in [-0.1, -0.05) is 6.92 Å². The number of benzene rings is 1. The molecule has 0 fully saturated rings. The van der Waals surface area contributed by atoms with Gasteiger partial charge in [-0.15, -0.1) is 0 Å². The lowest BCUT2D eigenvalue weighted by molar-refractivity contribution is -0.116. The number of hydrogen-bond acceptors (Lipinski definition) is 3. The molecule has 0 bridgehead atoms. The van der Waals surface area contributed by atoms with E-state index in [1.807, 2.05) is 11.8 Å². The largest absolute Gasteiger partial charge is 0.396 e. The maximum Gasteiger partial charge on any atom is 0.224 e. The number of nitrogens with one attached hydrogen (secondary N) is 1. The highest BCUT2D eigenvalue weighted by atomic mass is 32.2. The Morgan fingerprint density at radius 3 is 2.94 bits per heavy atom. The first-order valence-electron chi connectivity index (χ1n) is 5.56. The van der Waals surface area contributed by atoms with E-state index in [0.29, 0.717) is 12.1 Å². The van der Waals surface area contributed by atoms with Crippen LogP contribution in [0.2, 0.25) is 0 Å². The van der Waals surface area contributed by atoms with Crippen molar-refractivity contribution in [1.82, 2.24) is 0 Å². The Morgan fingerprint density at radius 1 is 1.53 bits per heavy atom. The molecule has 17 heavy (non-hydrogen) atoms. The lowest BCUT2D eigenvalue weighted by atomic mass is 10.2. The first-order chi connectivity index (χ1) is 8.13. The highest BCUT2D eigenvalue weighted by molar-refractivity contribution is 7.99. The molecule has 1 amide bonds. The summed E-state index contributed by atoms with van der Waals surface area (Å²) in [5.74, 6) is 1.51. The van der Waals surface area contributed by atoms with Crippen molar-refractivity contribution in [2.24, 2.45) is 0 Å². The van der Waals surface area contributed by atoms with E-state index in [1.54, 1.807) is 0 Å². The molecule has 0 unspecified atom stereocenters. The molecule has 1 aromatic carbocycles. The van der Waals surface area contributed by atoms with Crippen molar-refractivity contribution in [2.75, 3.05) is 22.6 Å². The molecule has 1 rings (SSSR count). The summed E-state index contributed by atoms with van der Waals surface area (Å²) in [6.07, 6.45) is 1.32. The number of anilines is 2. The molecular weight excluding hydrogens is 239 g/mol. The predicted octanol–water partition coefficient (Wildman–Crippen LogP) is 2.88. The average molecular weight is 256 g/mol. The Labute approximate surface area is 105 Å². The second kappa shape index (κ2) is 7.17. The Morgan fingerprint density at radius 2 is 2.29 bits per heavy atom. The van der Waals surface area contributed by atoms with E-state index in [9.17, 15) is 9.18 Å². The SMILES string of the molecule is CCSCCCC(=O)Nc1ccc(F)c(N)c1. The molecular formula is C12H17FN2OS. The number of rotatable bonds is 6. The molecule has 3 nitrogen and oxygen atoms in total. The van der Waals surface area contributed by atoms with Crippen LogP contribution in [0.25, 0.3) is 0 Å². The van der Waals surface area contributed by atoms with Crippen LogP contribution in [0.1, 0.15) is 19.8 Å². The highest BCUT2D eigenvalue weighted by Crippen LogP contribution is 2.16. The third kappa shape index (κ3) is 5.08. The molecule has 1 aromatic rings. The van der Waals surface area contributed by atoms with Gasteiger partial charge in [0, 0.05) is 12.1 Å². The van der Waals surface area contributed by atoms with E-state index in [0.717, 1.165) is 17.9 Å². The Kier molecular flexibility index (Phi) is 5.83. The topological polar surface area (TPSA) is 55.1 Å². The summed E-state index contributed by atoms with van der Waals surface area (Å²) in [4.78, 5) is 11.5. The van der Waals surface area contributed by atoms with Gasteiger partial charge in [0.25, 0.3) is 0 Å². The van der Waals surface area contributed by atoms with Crippen molar-refractivity contribution in [3.8, 4) is 0 Å². The highest BCUT2D eigenvalue weighted by Gasteiger charge is 2.04. The number of nitrogen functional groups attached to an aromatic ring is 1. The van der Waals surface area contributed by atoms with Crippen molar-refractivity contribution >= 4 is 29.0 Å². The predicted molar refractivity (Wildman–Crippen MR) is 71.7 cm³/mol. The van der Waals surface area contributed by atoms with Crippen molar-refractivity contribution in [3.05, 3.63) is 24.0 Å². The van der Waals surface area contributed by atoms with Crippen LogP contribution < -0.4 is 11.1 Å². The van der Waals surface area contributed by atoms with Gasteiger partial charge in [0.1, 0.15) is 5.82 Å². The molecule has 0 aliphatic heterocycles. The van der Waals surface area contributed by atoms with E-state index in [2.05, 4.69) is 12.2 Å². The van der Waals surface area contributed by atoms with Crippen LogP contribution in [0.4, 0.5) is 15.8 Å². The van der Waals surface area contributed by atoms with Crippen LogP contribution in [0.5, 0.6) is 0 Å². The van der Waals surface area contributed by atoms with E-state index in [4.69, 9.17) is 5.73 Å². The number of nitrogens with two attached hydrogens (primary N) is 1. The molecule has 3 N–H and O–H groups in total. The molecule has 0 atom stereocenters. The molecule has 0 saturated carbocycles. The van der Waals surface area contributed by atoms with Crippen molar-refractivity contribution in [3.63, 3.8) is 0 Å². The first-order valence-corrected chi connectivity index (χ1v) is 6.71. The molecule has 0 spiro atoms. The van der Waals surface area contributed by atoms with E-state index >= 15 is 0 Å². The summed E-state index contributed by atoms with van der Waals surface area (Å²) in [7, 11) is 0. The number of carbonyl (C=O) groups is 1. The van der Waals surface area contributed by atoms with Crippen LogP contribution in [-0.4, -0.2) is 17.4 Å². The lowest BCUT2D eigenvalue weighted by Gasteiger charge is -2.06. The van der Waals surface area contributed by atoms with Gasteiger partial charge in [-0.05, 0) is 36.1 Å². The van der Waals surface area contributed by atoms with Crippen LogP contribution in [0, 0.1) is 5.82 Å². The van der Waals surface area contributed by atoms with Crippen LogP contribution in [0.15, 0.2) is 18.2 Å². The molecule has 0 aliphatic carbocycles. The number of thioether (sulfide) groups is 1. The molecule has 0 aromatic heterocycles. The second-order valence-electron chi connectivity index (χ2n) is 3.58. The van der Waals surface area contributed by atoms with Crippen LogP contribution >= 0.6 is 11.8 Å².